The Balaban J connectivity index is 2.68. The second kappa shape index (κ2) is 6.62. The molecule has 0 aliphatic carbocycles. The number of hydrogen-bond acceptors (Lipinski definition) is 4. The molecule has 2 atom stereocenters. The Morgan fingerprint density at radius 3 is 2.65 bits per heavy atom. The minimum Gasteiger partial charge on any atom is -0.450 e. The van der Waals surface area contributed by atoms with Crippen molar-refractivity contribution in [1.29, 1.82) is 5.53 Å². The molecule has 0 aliphatic heterocycles. The van der Waals surface area contributed by atoms with Crippen molar-refractivity contribution in [3.8, 4) is 0 Å². The fourth-order valence-corrected chi connectivity index (χ4v) is 1.56. The van der Waals surface area contributed by atoms with Gasteiger partial charge in [0, 0.05) is 0 Å². The van der Waals surface area contributed by atoms with Gasteiger partial charge in [0.1, 0.15) is 6.04 Å². The van der Waals surface area contributed by atoms with Crippen LogP contribution < -0.4 is 5.32 Å². The van der Waals surface area contributed by atoms with Crippen LogP contribution in [0, 0.1) is 5.53 Å². The van der Waals surface area contributed by atoms with E-state index in [9.17, 15) is 4.79 Å². The van der Waals surface area contributed by atoms with E-state index in [1.165, 1.54) is 0 Å². The minimum absolute atomic E-state index is 0.283. The van der Waals surface area contributed by atoms with E-state index in [0.717, 1.165) is 5.56 Å². The van der Waals surface area contributed by atoms with E-state index >= 15 is 0 Å². The highest BCUT2D eigenvalue weighted by Gasteiger charge is 2.20. The van der Waals surface area contributed by atoms with Crippen LogP contribution >= 0.6 is 0 Å². The van der Waals surface area contributed by atoms with E-state index in [1.807, 2.05) is 30.3 Å². The van der Waals surface area contributed by atoms with Gasteiger partial charge in [0.25, 0.3) is 0 Å². The molecule has 5 heteroatoms. The zero-order chi connectivity index (χ0) is 12.7. The standard InChI is InChI=1S/C12H17N3O2/c1-3-17-12(16)14-9(2)11(15-13)10-7-5-4-6-8-10/h4-9,11,13H,3H2,1-2H3,(H,14,16). The Labute approximate surface area is 101 Å². The van der Waals surface area contributed by atoms with Gasteiger partial charge < -0.3 is 10.1 Å². The first-order valence-corrected chi connectivity index (χ1v) is 5.53. The molecule has 92 valence electrons. The summed E-state index contributed by atoms with van der Waals surface area (Å²) in [4.78, 5) is 11.3. The third-order valence-corrected chi connectivity index (χ3v) is 2.37. The van der Waals surface area contributed by atoms with Crippen LogP contribution in [0.1, 0.15) is 25.5 Å². The zero-order valence-corrected chi connectivity index (χ0v) is 10.0. The smallest absolute Gasteiger partial charge is 0.407 e. The summed E-state index contributed by atoms with van der Waals surface area (Å²) in [6.45, 7) is 3.87. The molecule has 0 bridgehead atoms. The molecule has 0 saturated carbocycles. The van der Waals surface area contributed by atoms with Gasteiger partial charge in [0.15, 0.2) is 0 Å². The molecule has 1 rings (SSSR count). The number of ether oxygens (including phenoxy) is 1. The van der Waals surface area contributed by atoms with E-state index < -0.39 is 6.09 Å². The van der Waals surface area contributed by atoms with Crippen LogP contribution in [0.15, 0.2) is 35.4 Å². The molecule has 5 nitrogen and oxygen atoms in total. The Hall–Kier alpha value is -1.91. The molecule has 0 saturated heterocycles. The lowest BCUT2D eigenvalue weighted by atomic mass is 10.0. The number of carbonyl (C=O) groups is 1. The van der Waals surface area contributed by atoms with Gasteiger partial charge in [-0.25, -0.2) is 10.3 Å². The number of amides is 1. The van der Waals surface area contributed by atoms with Gasteiger partial charge in [0.2, 0.25) is 0 Å². The molecule has 1 aromatic rings. The van der Waals surface area contributed by atoms with Crippen LogP contribution in [-0.2, 0) is 4.74 Å². The summed E-state index contributed by atoms with van der Waals surface area (Å²) in [6, 6.07) is 8.75. The quantitative estimate of drug-likeness (QED) is 0.770. The van der Waals surface area contributed by atoms with Crippen molar-refractivity contribution < 1.29 is 9.53 Å². The molecule has 0 aliphatic rings. The summed E-state index contributed by atoms with van der Waals surface area (Å²) in [5, 5.41) is 6.21. The summed E-state index contributed by atoms with van der Waals surface area (Å²) >= 11 is 0. The van der Waals surface area contributed by atoms with Crippen molar-refractivity contribution in [2.75, 3.05) is 6.61 Å². The number of benzene rings is 1. The van der Waals surface area contributed by atoms with Crippen molar-refractivity contribution in [3.63, 3.8) is 0 Å². The average Bonchev–Trinajstić information content (AvgIpc) is 2.31. The van der Waals surface area contributed by atoms with E-state index in [1.54, 1.807) is 13.8 Å². The Bertz CT molecular complexity index is 367. The van der Waals surface area contributed by atoms with Gasteiger partial charge >= 0.3 is 6.09 Å². The topological polar surface area (TPSA) is 74.5 Å². The highest BCUT2D eigenvalue weighted by molar-refractivity contribution is 5.67. The minimum atomic E-state index is -0.482. The maximum absolute atomic E-state index is 11.3. The van der Waals surface area contributed by atoms with E-state index in [-0.39, 0.29) is 12.1 Å². The van der Waals surface area contributed by atoms with Gasteiger partial charge in [-0.3, -0.25) is 0 Å². The molecular weight excluding hydrogens is 218 g/mol. The lowest BCUT2D eigenvalue weighted by Crippen LogP contribution is -2.36. The maximum atomic E-state index is 11.3. The number of hydrogen-bond donors (Lipinski definition) is 2. The average molecular weight is 235 g/mol. The molecule has 2 unspecified atom stereocenters. The first kappa shape index (κ1) is 13.2. The van der Waals surface area contributed by atoms with E-state index in [2.05, 4.69) is 10.4 Å². The number of carbonyl (C=O) groups excluding carboxylic acids is 1. The van der Waals surface area contributed by atoms with Crippen LogP contribution in [0.4, 0.5) is 4.79 Å². The molecule has 0 radical (unpaired) electrons. The summed E-state index contributed by atoms with van der Waals surface area (Å²) in [7, 11) is 0. The fraction of sp³-hybridized carbons (Fsp3) is 0.417. The molecule has 0 aromatic heterocycles. The fourth-order valence-electron chi connectivity index (χ4n) is 1.56. The first-order chi connectivity index (χ1) is 8.19. The maximum Gasteiger partial charge on any atom is 0.407 e. The predicted molar refractivity (Wildman–Crippen MR) is 64.0 cm³/mol. The van der Waals surface area contributed by atoms with Gasteiger partial charge in [-0.2, -0.15) is 5.11 Å². The number of nitrogens with zero attached hydrogens (tertiary/aromatic N) is 1. The molecule has 0 heterocycles. The normalized spacial score (nSPS) is 13.5. The zero-order valence-electron chi connectivity index (χ0n) is 10.0. The van der Waals surface area contributed by atoms with Crippen LogP contribution in [0.2, 0.25) is 0 Å². The highest BCUT2D eigenvalue weighted by atomic mass is 16.5. The van der Waals surface area contributed by atoms with Crippen molar-refractivity contribution in [2.24, 2.45) is 5.11 Å². The molecule has 0 fully saturated rings. The molecule has 2 N–H and O–H groups in total. The second-order valence-electron chi connectivity index (χ2n) is 3.64. The Morgan fingerprint density at radius 2 is 2.12 bits per heavy atom. The predicted octanol–water partition coefficient (Wildman–Crippen LogP) is 2.89. The summed E-state index contributed by atoms with van der Waals surface area (Å²) in [5.74, 6) is 0. The van der Waals surface area contributed by atoms with E-state index in [0.29, 0.717) is 6.61 Å². The van der Waals surface area contributed by atoms with Gasteiger partial charge in [0.05, 0.1) is 12.6 Å². The number of rotatable bonds is 5. The number of nitrogens with one attached hydrogen (secondary N) is 2. The third kappa shape index (κ3) is 3.86. The first-order valence-electron chi connectivity index (χ1n) is 5.53. The van der Waals surface area contributed by atoms with Gasteiger partial charge in [-0.15, -0.1) is 0 Å². The van der Waals surface area contributed by atoms with Crippen molar-refractivity contribution in [3.05, 3.63) is 35.9 Å². The van der Waals surface area contributed by atoms with Crippen LogP contribution in [0.25, 0.3) is 0 Å². The van der Waals surface area contributed by atoms with E-state index in [4.69, 9.17) is 10.3 Å². The summed E-state index contributed by atoms with van der Waals surface area (Å²) < 4.78 is 4.79. The lowest BCUT2D eigenvalue weighted by Gasteiger charge is -2.20. The molecule has 0 spiro atoms. The van der Waals surface area contributed by atoms with Crippen molar-refractivity contribution in [1.82, 2.24) is 5.32 Å². The van der Waals surface area contributed by atoms with Gasteiger partial charge in [-0.05, 0) is 19.4 Å². The van der Waals surface area contributed by atoms with Crippen molar-refractivity contribution >= 4 is 6.09 Å². The molecule has 1 amide bonds. The Kier molecular flexibility index (Phi) is 5.13. The highest BCUT2D eigenvalue weighted by Crippen LogP contribution is 2.20. The van der Waals surface area contributed by atoms with Crippen molar-refractivity contribution in [2.45, 2.75) is 25.9 Å². The Morgan fingerprint density at radius 1 is 1.47 bits per heavy atom. The molecule has 17 heavy (non-hydrogen) atoms. The monoisotopic (exact) mass is 235 g/mol. The molecular formula is C12H17N3O2. The largest absolute Gasteiger partial charge is 0.450 e. The SMILES string of the molecule is CCOC(=O)NC(C)C(N=N)c1ccccc1. The number of alkyl carbamates (subject to hydrolysis) is 1. The summed E-state index contributed by atoms with van der Waals surface area (Å²) in [5.41, 5.74) is 8.10. The third-order valence-electron chi connectivity index (χ3n) is 2.37. The van der Waals surface area contributed by atoms with Crippen LogP contribution in [0.5, 0.6) is 0 Å². The summed E-state index contributed by atoms with van der Waals surface area (Å²) in [6.07, 6.45) is -0.482. The van der Waals surface area contributed by atoms with Crippen LogP contribution in [-0.4, -0.2) is 18.7 Å². The lowest BCUT2D eigenvalue weighted by molar-refractivity contribution is 0.147. The second-order valence-corrected chi connectivity index (χ2v) is 3.64. The van der Waals surface area contributed by atoms with Crippen LogP contribution in [0.3, 0.4) is 0 Å². The molecule has 1 aromatic carbocycles. The van der Waals surface area contributed by atoms with Gasteiger partial charge in [-0.1, -0.05) is 30.3 Å².